The highest BCUT2D eigenvalue weighted by Gasteiger charge is 2.34. The molecular formula is C13H26N2O. The van der Waals surface area contributed by atoms with Gasteiger partial charge in [0.15, 0.2) is 0 Å². The summed E-state index contributed by atoms with van der Waals surface area (Å²) in [5.74, 6) is 0.852. The fraction of sp³-hybridized carbons (Fsp3) is 1.00. The Hall–Kier alpha value is -0.120. The van der Waals surface area contributed by atoms with Crippen molar-refractivity contribution in [3.63, 3.8) is 0 Å². The quantitative estimate of drug-likeness (QED) is 0.768. The van der Waals surface area contributed by atoms with Gasteiger partial charge in [-0.15, -0.1) is 0 Å². The zero-order valence-electron chi connectivity index (χ0n) is 10.8. The van der Waals surface area contributed by atoms with Crippen molar-refractivity contribution >= 4 is 0 Å². The van der Waals surface area contributed by atoms with Crippen molar-refractivity contribution in [1.82, 2.24) is 10.2 Å². The fourth-order valence-electron chi connectivity index (χ4n) is 3.01. The third-order valence-corrected chi connectivity index (χ3v) is 3.91. The van der Waals surface area contributed by atoms with E-state index >= 15 is 0 Å². The van der Waals surface area contributed by atoms with Crippen LogP contribution in [-0.2, 0) is 4.74 Å². The Bertz CT molecular complexity index is 214. The van der Waals surface area contributed by atoms with E-state index in [1.807, 2.05) is 0 Å². The topological polar surface area (TPSA) is 24.5 Å². The van der Waals surface area contributed by atoms with Crippen LogP contribution in [0.3, 0.4) is 0 Å². The van der Waals surface area contributed by atoms with E-state index in [0.29, 0.717) is 0 Å². The van der Waals surface area contributed by atoms with E-state index in [1.54, 1.807) is 0 Å². The summed E-state index contributed by atoms with van der Waals surface area (Å²) in [6, 6.07) is 0. The van der Waals surface area contributed by atoms with E-state index in [9.17, 15) is 0 Å². The van der Waals surface area contributed by atoms with Crippen LogP contribution in [0, 0.1) is 5.92 Å². The first-order valence-electron chi connectivity index (χ1n) is 6.79. The zero-order valence-corrected chi connectivity index (χ0v) is 10.8. The van der Waals surface area contributed by atoms with Crippen molar-refractivity contribution in [3.05, 3.63) is 0 Å². The lowest BCUT2D eigenvalue weighted by Crippen LogP contribution is -2.39. The molecule has 2 unspecified atom stereocenters. The largest absolute Gasteiger partial charge is 0.374 e. The van der Waals surface area contributed by atoms with Crippen LogP contribution in [-0.4, -0.2) is 49.8 Å². The SMILES string of the molecule is CCNCC1CCN(CC2(C)CCCO2)C1. The molecular weight excluding hydrogens is 200 g/mol. The highest BCUT2D eigenvalue weighted by atomic mass is 16.5. The molecule has 2 atom stereocenters. The first-order chi connectivity index (χ1) is 7.72. The van der Waals surface area contributed by atoms with Crippen molar-refractivity contribution in [2.24, 2.45) is 5.92 Å². The Labute approximate surface area is 99.5 Å². The van der Waals surface area contributed by atoms with Crippen LogP contribution in [0.4, 0.5) is 0 Å². The fourth-order valence-corrected chi connectivity index (χ4v) is 3.01. The second kappa shape index (κ2) is 5.48. The summed E-state index contributed by atoms with van der Waals surface area (Å²) < 4.78 is 5.86. The van der Waals surface area contributed by atoms with Crippen molar-refractivity contribution in [1.29, 1.82) is 0 Å². The molecule has 0 aromatic heterocycles. The van der Waals surface area contributed by atoms with E-state index in [0.717, 1.165) is 25.6 Å². The van der Waals surface area contributed by atoms with Crippen LogP contribution in [0.1, 0.15) is 33.1 Å². The van der Waals surface area contributed by atoms with Gasteiger partial charge in [-0.05, 0) is 51.7 Å². The number of rotatable bonds is 5. The van der Waals surface area contributed by atoms with E-state index in [1.165, 1.54) is 38.9 Å². The summed E-state index contributed by atoms with van der Waals surface area (Å²) in [5, 5.41) is 3.46. The van der Waals surface area contributed by atoms with Crippen molar-refractivity contribution in [2.45, 2.75) is 38.7 Å². The van der Waals surface area contributed by atoms with Crippen LogP contribution >= 0.6 is 0 Å². The van der Waals surface area contributed by atoms with Crippen LogP contribution < -0.4 is 5.32 Å². The molecule has 0 bridgehead atoms. The molecule has 0 radical (unpaired) electrons. The molecule has 0 aromatic rings. The standard InChI is InChI=1S/C13H26N2O/c1-3-14-9-12-5-7-15(10-12)11-13(2)6-4-8-16-13/h12,14H,3-11H2,1-2H3. The van der Waals surface area contributed by atoms with Crippen LogP contribution in [0.15, 0.2) is 0 Å². The van der Waals surface area contributed by atoms with Crippen molar-refractivity contribution in [2.75, 3.05) is 39.3 Å². The lowest BCUT2D eigenvalue weighted by Gasteiger charge is -2.29. The number of likely N-dealkylation sites (tertiary alicyclic amines) is 1. The second-order valence-electron chi connectivity index (χ2n) is 5.60. The minimum absolute atomic E-state index is 0.146. The zero-order chi connectivity index (χ0) is 11.4. The predicted octanol–water partition coefficient (Wildman–Crippen LogP) is 1.49. The van der Waals surface area contributed by atoms with Crippen molar-refractivity contribution < 1.29 is 4.74 Å². The molecule has 0 aromatic carbocycles. The van der Waals surface area contributed by atoms with Crippen molar-refractivity contribution in [3.8, 4) is 0 Å². The van der Waals surface area contributed by atoms with Gasteiger partial charge >= 0.3 is 0 Å². The summed E-state index contributed by atoms with van der Waals surface area (Å²) in [4.78, 5) is 2.59. The molecule has 0 saturated carbocycles. The van der Waals surface area contributed by atoms with Gasteiger partial charge in [0.1, 0.15) is 0 Å². The molecule has 2 saturated heterocycles. The predicted molar refractivity (Wildman–Crippen MR) is 66.7 cm³/mol. The van der Waals surface area contributed by atoms with Gasteiger partial charge in [0.05, 0.1) is 5.60 Å². The molecule has 0 aliphatic carbocycles. The highest BCUT2D eigenvalue weighted by Crippen LogP contribution is 2.28. The molecule has 0 spiro atoms. The van der Waals surface area contributed by atoms with E-state index in [-0.39, 0.29) is 5.60 Å². The first kappa shape index (κ1) is 12.3. The Kier molecular flexibility index (Phi) is 4.22. The number of nitrogens with one attached hydrogen (secondary N) is 1. The van der Waals surface area contributed by atoms with Gasteiger partial charge in [-0.3, -0.25) is 0 Å². The van der Waals surface area contributed by atoms with Gasteiger partial charge in [-0.2, -0.15) is 0 Å². The lowest BCUT2D eigenvalue weighted by atomic mass is 10.0. The number of hydrogen-bond donors (Lipinski definition) is 1. The summed E-state index contributed by atoms with van der Waals surface area (Å²) in [7, 11) is 0. The second-order valence-corrected chi connectivity index (χ2v) is 5.60. The smallest absolute Gasteiger partial charge is 0.0781 e. The molecule has 1 N–H and O–H groups in total. The minimum Gasteiger partial charge on any atom is -0.374 e. The lowest BCUT2D eigenvalue weighted by molar-refractivity contribution is -0.00467. The maximum Gasteiger partial charge on any atom is 0.0781 e. The normalized spacial score (nSPS) is 36.0. The number of ether oxygens (including phenoxy) is 1. The van der Waals surface area contributed by atoms with Crippen LogP contribution in [0.25, 0.3) is 0 Å². The van der Waals surface area contributed by atoms with Gasteiger partial charge in [-0.25, -0.2) is 0 Å². The maximum atomic E-state index is 5.86. The minimum atomic E-state index is 0.146. The van der Waals surface area contributed by atoms with Gasteiger partial charge in [0, 0.05) is 19.7 Å². The monoisotopic (exact) mass is 226 g/mol. The molecule has 94 valence electrons. The number of nitrogens with zero attached hydrogens (tertiary/aromatic N) is 1. The Morgan fingerprint density at radius 3 is 3.06 bits per heavy atom. The molecule has 2 heterocycles. The molecule has 0 amide bonds. The van der Waals surface area contributed by atoms with Gasteiger partial charge < -0.3 is 15.0 Å². The highest BCUT2D eigenvalue weighted by molar-refractivity contribution is 4.87. The summed E-state index contributed by atoms with van der Waals surface area (Å²) >= 11 is 0. The molecule has 2 aliphatic heterocycles. The molecule has 16 heavy (non-hydrogen) atoms. The Morgan fingerprint density at radius 1 is 1.50 bits per heavy atom. The Balaban J connectivity index is 1.72. The number of hydrogen-bond acceptors (Lipinski definition) is 3. The summed E-state index contributed by atoms with van der Waals surface area (Å²) in [5.41, 5.74) is 0.146. The molecule has 3 nitrogen and oxygen atoms in total. The molecule has 2 aliphatic rings. The summed E-state index contributed by atoms with van der Waals surface area (Å²) in [6.07, 6.45) is 3.83. The molecule has 2 rings (SSSR count). The van der Waals surface area contributed by atoms with Gasteiger partial charge in [-0.1, -0.05) is 6.92 Å². The van der Waals surface area contributed by atoms with E-state index < -0.39 is 0 Å². The van der Waals surface area contributed by atoms with Gasteiger partial charge in [0.2, 0.25) is 0 Å². The molecule has 3 heteroatoms. The third kappa shape index (κ3) is 3.19. The van der Waals surface area contributed by atoms with E-state index in [4.69, 9.17) is 4.74 Å². The third-order valence-electron chi connectivity index (χ3n) is 3.91. The Morgan fingerprint density at radius 2 is 2.38 bits per heavy atom. The van der Waals surface area contributed by atoms with Crippen LogP contribution in [0.5, 0.6) is 0 Å². The maximum absolute atomic E-state index is 5.86. The summed E-state index contributed by atoms with van der Waals surface area (Å²) in [6.45, 7) is 11.3. The molecule has 2 fully saturated rings. The van der Waals surface area contributed by atoms with Crippen LogP contribution in [0.2, 0.25) is 0 Å². The van der Waals surface area contributed by atoms with E-state index in [2.05, 4.69) is 24.1 Å². The first-order valence-corrected chi connectivity index (χ1v) is 6.79. The van der Waals surface area contributed by atoms with Gasteiger partial charge in [0.25, 0.3) is 0 Å². The average Bonchev–Trinajstić information content (AvgIpc) is 2.85. The average molecular weight is 226 g/mol.